The van der Waals surface area contributed by atoms with Crippen molar-refractivity contribution in [3.63, 3.8) is 0 Å². The highest BCUT2D eigenvalue weighted by Gasteiger charge is 2.42. The number of carbonyl (C=O) groups excluding carboxylic acids is 2. The standard InChI is InChI=1S/C26H20ClN3O3S/c1-33-22-5-3-2-4-21(22)30-24(31)13-23(26(30)32)34-25-19(14-28)18(12-20(29-25)16-6-7-16)15-8-10-17(27)11-9-15/h2-5,8-12,16,23H,6-7,13H2,1H3. The first kappa shape index (κ1) is 22.5. The Morgan fingerprint density at radius 1 is 1.15 bits per heavy atom. The number of amides is 2. The van der Waals surface area contributed by atoms with Crippen LogP contribution in [0.25, 0.3) is 11.1 Å². The Morgan fingerprint density at radius 3 is 2.56 bits per heavy atom. The molecule has 34 heavy (non-hydrogen) atoms. The van der Waals surface area contributed by atoms with Gasteiger partial charge in [0, 0.05) is 28.6 Å². The number of carbonyl (C=O) groups is 2. The normalized spacial score (nSPS) is 17.7. The smallest absolute Gasteiger partial charge is 0.247 e. The average molecular weight is 490 g/mol. The van der Waals surface area contributed by atoms with Crippen LogP contribution >= 0.6 is 23.4 Å². The van der Waals surface area contributed by atoms with Crippen molar-refractivity contribution in [1.82, 2.24) is 4.98 Å². The third-order valence-electron chi connectivity index (χ3n) is 5.95. The molecule has 2 aliphatic rings. The molecule has 1 aliphatic heterocycles. The monoisotopic (exact) mass is 489 g/mol. The molecule has 1 saturated heterocycles. The predicted octanol–water partition coefficient (Wildman–Crippen LogP) is 5.58. The molecule has 0 N–H and O–H groups in total. The number of pyridine rings is 1. The van der Waals surface area contributed by atoms with Crippen molar-refractivity contribution >= 4 is 40.9 Å². The predicted molar refractivity (Wildman–Crippen MR) is 131 cm³/mol. The molecule has 2 heterocycles. The molecule has 5 rings (SSSR count). The lowest BCUT2D eigenvalue weighted by Crippen LogP contribution is -2.31. The van der Waals surface area contributed by atoms with Gasteiger partial charge in [-0.3, -0.25) is 9.59 Å². The number of nitrogens with zero attached hydrogens (tertiary/aromatic N) is 3. The molecular weight excluding hydrogens is 470 g/mol. The molecule has 170 valence electrons. The van der Waals surface area contributed by atoms with Crippen molar-refractivity contribution in [2.24, 2.45) is 0 Å². The molecule has 0 bridgehead atoms. The molecule has 1 aliphatic carbocycles. The minimum atomic E-state index is -0.676. The van der Waals surface area contributed by atoms with Gasteiger partial charge >= 0.3 is 0 Å². The summed E-state index contributed by atoms with van der Waals surface area (Å²) in [5, 5.41) is 10.5. The Labute approximate surface area is 206 Å². The Kier molecular flexibility index (Phi) is 6.03. The minimum absolute atomic E-state index is 0.0258. The van der Waals surface area contributed by atoms with Gasteiger partial charge in [0.1, 0.15) is 16.8 Å². The highest BCUT2D eigenvalue weighted by molar-refractivity contribution is 8.00. The van der Waals surface area contributed by atoms with Crippen LogP contribution in [0.4, 0.5) is 5.69 Å². The summed E-state index contributed by atoms with van der Waals surface area (Å²) in [7, 11) is 1.50. The molecule has 1 unspecified atom stereocenters. The fraction of sp³-hybridized carbons (Fsp3) is 0.231. The van der Waals surface area contributed by atoms with E-state index in [1.54, 1.807) is 36.4 Å². The van der Waals surface area contributed by atoms with E-state index < -0.39 is 5.25 Å². The Hall–Kier alpha value is -3.34. The van der Waals surface area contributed by atoms with E-state index in [4.69, 9.17) is 21.3 Å². The van der Waals surface area contributed by atoms with Crippen LogP contribution in [0.3, 0.4) is 0 Å². The molecule has 8 heteroatoms. The van der Waals surface area contributed by atoms with Crippen molar-refractivity contribution in [3.8, 4) is 22.9 Å². The van der Waals surface area contributed by atoms with Crippen LogP contribution in [-0.4, -0.2) is 29.2 Å². The molecule has 3 aromatic rings. The third kappa shape index (κ3) is 4.15. The van der Waals surface area contributed by atoms with Gasteiger partial charge in [-0.25, -0.2) is 9.88 Å². The van der Waals surface area contributed by atoms with Crippen molar-refractivity contribution < 1.29 is 14.3 Å². The van der Waals surface area contributed by atoms with Gasteiger partial charge in [-0.15, -0.1) is 0 Å². The fourth-order valence-corrected chi connectivity index (χ4v) is 5.34. The van der Waals surface area contributed by atoms with E-state index in [2.05, 4.69) is 6.07 Å². The SMILES string of the molecule is COc1ccccc1N1C(=O)CC(Sc2nc(C3CC3)cc(-c3ccc(Cl)cc3)c2C#N)C1=O. The highest BCUT2D eigenvalue weighted by atomic mass is 35.5. The van der Waals surface area contributed by atoms with Gasteiger partial charge < -0.3 is 4.74 Å². The molecule has 2 fully saturated rings. The zero-order valence-corrected chi connectivity index (χ0v) is 19.9. The largest absolute Gasteiger partial charge is 0.495 e. The number of methoxy groups -OCH3 is 1. The highest BCUT2D eigenvalue weighted by Crippen LogP contribution is 2.44. The number of aromatic nitrogens is 1. The lowest BCUT2D eigenvalue weighted by molar-refractivity contribution is -0.121. The summed E-state index contributed by atoms with van der Waals surface area (Å²) < 4.78 is 5.35. The number of para-hydroxylation sites is 2. The second-order valence-corrected chi connectivity index (χ2v) is 9.85. The van der Waals surface area contributed by atoms with Crippen LogP contribution in [0.2, 0.25) is 5.02 Å². The number of hydrogen-bond acceptors (Lipinski definition) is 6. The van der Waals surface area contributed by atoms with E-state index in [9.17, 15) is 14.9 Å². The Bertz CT molecular complexity index is 1330. The summed E-state index contributed by atoms with van der Waals surface area (Å²) in [6.07, 6.45) is 2.12. The fourth-order valence-electron chi connectivity index (χ4n) is 4.08. The number of ether oxygens (including phenoxy) is 1. The van der Waals surface area contributed by atoms with Gasteiger partial charge in [0.05, 0.1) is 23.6 Å². The number of halogens is 1. The second-order valence-electron chi connectivity index (χ2n) is 8.22. The van der Waals surface area contributed by atoms with Crippen LogP contribution in [0, 0.1) is 11.3 Å². The summed E-state index contributed by atoms with van der Waals surface area (Å²) >= 11 is 7.25. The quantitative estimate of drug-likeness (QED) is 0.420. The molecule has 2 amide bonds. The maximum absolute atomic E-state index is 13.3. The molecule has 0 radical (unpaired) electrons. The van der Waals surface area contributed by atoms with Crippen LogP contribution in [0.1, 0.15) is 36.4 Å². The van der Waals surface area contributed by atoms with Crippen LogP contribution in [-0.2, 0) is 9.59 Å². The first-order chi connectivity index (χ1) is 16.5. The zero-order chi connectivity index (χ0) is 23.8. The van der Waals surface area contributed by atoms with Crippen LogP contribution in [0.5, 0.6) is 5.75 Å². The molecular formula is C26H20ClN3O3S. The van der Waals surface area contributed by atoms with Gasteiger partial charge in [0.2, 0.25) is 11.8 Å². The van der Waals surface area contributed by atoms with E-state index in [-0.39, 0.29) is 18.2 Å². The number of rotatable bonds is 6. The average Bonchev–Trinajstić information content (AvgIpc) is 3.66. The van der Waals surface area contributed by atoms with E-state index in [1.807, 2.05) is 18.2 Å². The summed E-state index contributed by atoms with van der Waals surface area (Å²) in [6, 6.07) is 18.5. The molecule has 6 nitrogen and oxygen atoms in total. The number of nitriles is 1. The van der Waals surface area contributed by atoms with Crippen molar-refractivity contribution in [1.29, 1.82) is 5.26 Å². The van der Waals surface area contributed by atoms with Gasteiger partial charge in [0.15, 0.2) is 0 Å². The first-order valence-electron chi connectivity index (χ1n) is 10.9. The van der Waals surface area contributed by atoms with Crippen molar-refractivity contribution in [2.45, 2.75) is 35.5 Å². The van der Waals surface area contributed by atoms with Gasteiger partial charge in [-0.2, -0.15) is 5.26 Å². The van der Waals surface area contributed by atoms with Crippen molar-refractivity contribution in [2.75, 3.05) is 12.0 Å². The summed E-state index contributed by atoms with van der Waals surface area (Å²) in [5.74, 6) is 0.160. The van der Waals surface area contributed by atoms with Gasteiger partial charge in [0.25, 0.3) is 0 Å². The Morgan fingerprint density at radius 2 is 1.88 bits per heavy atom. The number of anilines is 1. The zero-order valence-electron chi connectivity index (χ0n) is 18.3. The van der Waals surface area contributed by atoms with Gasteiger partial charge in [-0.05, 0) is 48.7 Å². The van der Waals surface area contributed by atoms with Crippen LogP contribution in [0.15, 0.2) is 59.6 Å². The number of benzene rings is 2. The third-order valence-corrected chi connectivity index (χ3v) is 7.38. The van der Waals surface area contributed by atoms with Gasteiger partial charge in [-0.1, -0.05) is 47.6 Å². The summed E-state index contributed by atoms with van der Waals surface area (Å²) in [4.78, 5) is 32.1. The van der Waals surface area contributed by atoms with E-state index in [0.717, 1.165) is 29.7 Å². The molecule has 2 aromatic carbocycles. The maximum atomic E-state index is 13.3. The number of imide groups is 1. The second kappa shape index (κ2) is 9.13. The lowest BCUT2D eigenvalue weighted by Gasteiger charge is -2.18. The van der Waals surface area contributed by atoms with E-state index in [0.29, 0.717) is 33.0 Å². The topological polar surface area (TPSA) is 83.3 Å². The van der Waals surface area contributed by atoms with Crippen LogP contribution < -0.4 is 9.64 Å². The van der Waals surface area contributed by atoms with Crippen molar-refractivity contribution in [3.05, 3.63) is 70.9 Å². The molecule has 1 aromatic heterocycles. The Balaban J connectivity index is 1.52. The van der Waals surface area contributed by atoms with E-state index >= 15 is 0 Å². The minimum Gasteiger partial charge on any atom is -0.495 e. The van der Waals surface area contributed by atoms with E-state index in [1.165, 1.54) is 23.8 Å². The summed E-state index contributed by atoms with van der Waals surface area (Å²) in [6.45, 7) is 0. The number of thioether (sulfide) groups is 1. The maximum Gasteiger partial charge on any atom is 0.247 e. The first-order valence-corrected chi connectivity index (χ1v) is 12.1. The lowest BCUT2D eigenvalue weighted by atomic mass is 10.0. The molecule has 1 atom stereocenters. The summed E-state index contributed by atoms with van der Waals surface area (Å²) in [5.41, 5.74) is 3.34. The molecule has 1 saturated carbocycles. The molecule has 0 spiro atoms. The number of hydrogen-bond donors (Lipinski definition) is 0.